The number of carbonyl (C=O) groups excluding carboxylic acids is 2. The van der Waals surface area contributed by atoms with E-state index in [0.29, 0.717) is 25.1 Å². The van der Waals surface area contributed by atoms with Crippen molar-refractivity contribution in [2.45, 2.75) is 69.6 Å². The van der Waals surface area contributed by atoms with Gasteiger partial charge >= 0.3 is 5.97 Å². The van der Waals surface area contributed by atoms with Crippen LogP contribution in [0.5, 0.6) is 5.75 Å². The summed E-state index contributed by atoms with van der Waals surface area (Å²) in [4.78, 5) is 40.7. The van der Waals surface area contributed by atoms with Crippen LogP contribution in [0, 0.1) is 11.8 Å². The number of allylic oxidation sites excluding steroid dienone is 1. The van der Waals surface area contributed by atoms with Crippen molar-refractivity contribution in [2.24, 2.45) is 18.9 Å². The molecule has 192 valence electrons. The fourth-order valence-corrected chi connectivity index (χ4v) is 5.72. The number of ether oxygens (including phenoxy) is 1. The Bertz CT molecular complexity index is 1200. The second kappa shape index (κ2) is 9.64. The number of aryl methyl sites for hydroxylation is 1. The molecule has 2 amide bonds. The number of carboxylic acid groups (broad SMARTS) is 1. The van der Waals surface area contributed by atoms with Crippen LogP contribution in [-0.4, -0.2) is 56.6 Å². The Kier molecular flexibility index (Phi) is 6.53. The first-order valence-electron chi connectivity index (χ1n) is 13.0. The fourth-order valence-electron chi connectivity index (χ4n) is 5.72. The highest BCUT2D eigenvalue weighted by Crippen LogP contribution is 2.45. The molecule has 2 aliphatic heterocycles. The fraction of sp³-hybridized carbons (Fsp3) is 0.536. The third kappa shape index (κ3) is 4.61. The van der Waals surface area contributed by atoms with E-state index in [1.807, 2.05) is 61.2 Å². The number of rotatable bonds is 3. The first-order valence-corrected chi connectivity index (χ1v) is 13.0. The van der Waals surface area contributed by atoms with Crippen molar-refractivity contribution in [2.75, 3.05) is 6.54 Å². The van der Waals surface area contributed by atoms with Gasteiger partial charge in [-0.1, -0.05) is 31.9 Å². The lowest BCUT2D eigenvalue weighted by atomic mass is 10.0. The molecule has 5 rings (SSSR count). The van der Waals surface area contributed by atoms with Crippen LogP contribution >= 0.6 is 0 Å². The number of benzene rings is 1. The largest absolute Gasteiger partial charge is 0.488 e. The Hall–Kier alpha value is -3.29. The molecule has 1 aliphatic carbocycles. The van der Waals surface area contributed by atoms with E-state index in [2.05, 4.69) is 5.32 Å². The molecule has 8 heteroatoms. The molecule has 36 heavy (non-hydrogen) atoms. The average Bonchev–Trinajstić information content (AvgIpc) is 3.18. The molecule has 2 fully saturated rings. The van der Waals surface area contributed by atoms with Crippen molar-refractivity contribution in [3.8, 4) is 5.75 Å². The number of carbonyl (C=O) groups is 3. The summed E-state index contributed by atoms with van der Waals surface area (Å²) in [6, 6.07) is 7.14. The predicted octanol–water partition coefficient (Wildman–Crippen LogP) is 3.64. The molecule has 1 aromatic carbocycles. The van der Waals surface area contributed by atoms with Crippen LogP contribution in [0.3, 0.4) is 0 Å². The van der Waals surface area contributed by atoms with Crippen LogP contribution in [-0.2, 0) is 21.4 Å². The van der Waals surface area contributed by atoms with Gasteiger partial charge in [-0.25, -0.2) is 4.79 Å². The minimum Gasteiger partial charge on any atom is -0.488 e. The van der Waals surface area contributed by atoms with Crippen LogP contribution in [0.1, 0.15) is 51.9 Å². The molecule has 0 unspecified atom stereocenters. The molecule has 5 atom stereocenters. The molecule has 0 radical (unpaired) electrons. The molecular weight excluding hydrogens is 458 g/mol. The van der Waals surface area contributed by atoms with E-state index < -0.39 is 23.5 Å². The number of aliphatic carboxylic acids is 1. The van der Waals surface area contributed by atoms with Crippen LogP contribution < -0.4 is 10.1 Å². The smallest absolute Gasteiger partial charge is 0.330 e. The highest BCUT2D eigenvalue weighted by atomic mass is 16.5. The van der Waals surface area contributed by atoms with E-state index in [1.54, 1.807) is 4.90 Å². The summed E-state index contributed by atoms with van der Waals surface area (Å²) in [5.41, 5.74) is -0.192. The van der Waals surface area contributed by atoms with Crippen molar-refractivity contribution in [3.63, 3.8) is 0 Å². The second-order valence-corrected chi connectivity index (χ2v) is 10.7. The molecule has 3 aliphatic rings. The van der Waals surface area contributed by atoms with E-state index in [4.69, 9.17) is 4.74 Å². The van der Waals surface area contributed by atoms with Gasteiger partial charge in [0.25, 0.3) is 0 Å². The number of nitrogens with zero attached hydrogens (tertiary/aromatic N) is 2. The lowest BCUT2D eigenvalue weighted by molar-refractivity contribution is -0.146. The van der Waals surface area contributed by atoms with Gasteiger partial charge in [0.2, 0.25) is 11.8 Å². The van der Waals surface area contributed by atoms with E-state index in [1.165, 1.54) is 0 Å². The quantitative estimate of drug-likeness (QED) is 0.636. The predicted molar refractivity (Wildman–Crippen MR) is 135 cm³/mol. The lowest BCUT2D eigenvalue weighted by Crippen LogP contribution is -2.53. The van der Waals surface area contributed by atoms with E-state index in [-0.39, 0.29) is 23.8 Å². The zero-order valence-corrected chi connectivity index (χ0v) is 21.0. The van der Waals surface area contributed by atoms with Gasteiger partial charge in [-0.2, -0.15) is 0 Å². The molecule has 1 saturated carbocycles. The van der Waals surface area contributed by atoms with Gasteiger partial charge < -0.3 is 24.6 Å². The maximum atomic E-state index is 13.5. The van der Waals surface area contributed by atoms with Gasteiger partial charge in [-0.3, -0.25) is 9.59 Å². The van der Waals surface area contributed by atoms with Crippen molar-refractivity contribution < 1.29 is 24.2 Å². The summed E-state index contributed by atoms with van der Waals surface area (Å²) in [7, 11) is 1.99. The summed E-state index contributed by atoms with van der Waals surface area (Å²) in [6.45, 7) is 2.22. The first-order chi connectivity index (χ1) is 17.3. The third-order valence-electron chi connectivity index (χ3n) is 8.05. The maximum absolute atomic E-state index is 13.5. The molecule has 2 aromatic rings. The number of fused-ring (bicyclic) bond motifs is 3. The topological polar surface area (TPSA) is 101 Å². The first kappa shape index (κ1) is 24.4. The number of hydrogen-bond acceptors (Lipinski definition) is 4. The number of nitrogens with one attached hydrogen (secondary N) is 1. The molecule has 0 spiro atoms. The Morgan fingerprint density at radius 3 is 2.83 bits per heavy atom. The SMILES string of the molecule is C[C@H]1CCCCC/C=C\[C@H]2C[C@@]2(C(=O)O)NC(=O)[C@@H]2C[C@@H](Oc3ccc4c(ccn4C)c3)CN2C1=O. The Balaban J connectivity index is 1.38. The summed E-state index contributed by atoms with van der Waals surface area (Å²) >= 11 is 0. The summed E-state index contributed by atoms with van der Waals surface area (Å²) in [5.74, 6) is -1.24. The second-order valence-electron chi connectivity index (χ2n) is 10.7. The van der Waals surface area contributed by atoms with E-state index in [0.717, 1.165) is 43.0 Å². The highest BCUT2D eigenvalue weighted by molar-refractivity contribution is 5.95. The third-order valence-corrected chi connectivity index (χ3v) is 8.05. The molecule has 3 heterocycles. The average molecular weight is 494 g/mol. The molecule has 0 bridgehead atoms. The van der Waals surface area contributed by atoms with Crippen molar-refractivity contribution in [1.29, 1.82) is 0 Å². The Labute approximate surface area is 211 Å². The van der Waals surface area contributed by atoms with Crippen LogP contribution in [0.15, 0.2) is 42.6 Å². The van der Waals surface area contributed by atoms with Gasteiger partial charge in [0.15, 0.2) is 0 Å². The van der Waals surface area contributed by atoms with Gasteiger partial charge in [0.1, 0.15) is 23.4 Å². The Morgan fingerprint density at radius 2 is 2.03 bits per heavy atom. The van der Waals surface area contributed by atoms with Crippen molar-refractivity contribution in [1.82, 2.24) is 14.8 Å². The Morgan fingerprint density at radius 1 is 1.19 bits per heavy atom. The molecule has 1 saturated heterocycles. The van der Waals surface area contributed by atoms with Crippen LogP contribution in [0.25, 0.3) is 10.9 Å². The van der Waals surface area contributed by atoms with Gasteiger partial charge in [-0.15, -0.1) is 0 Å². The maximum Gasteiger partial charge on any atom is 0.330 e. The number of hydrogen-bond donors (Lipinski definition) is 2. The van der Waals surface area contributed by atoms with Gasteiger partial charge in [0, 0.05) is 42.4 Å². The zero-order valence-electron chi connectivity index (χ0n) is 21.0. The van der Waals surface area contributed by atoms with Crippen molar-refractivity contribution >= 4 is 28.7 Å². The molecular formula is C28H35N3O5. The standard InChI is InChI=1S/C28H35N3O5/c1-18-8-6-4-3-5-7-9-20-16-28(20,27(34)35)29-25(32)24-15-22(17-31(24)26(18)33)36-21-10-11-23-19(14-21)12-13-30(23)2/h7,9-14,18,20,22,24H,3-6,8,15-17H2,1-2H3,(H,29,32)(H,34,35)/b9-7-/t18-,20-,22+,24-,28+/m0/s1. The normalized spacial score (nSPS) is 32.1. The molecule has 8 nitrogen and oxygen atoms in total. The zero-order chi connectivity index (χ0) is 25.4. The minimum atomic E-state index is -1.29. The van der Waals surface area contributed by atoms with Crippen LogP contribution in [0.4, 0.5) is 0 Å². The summed E-state index contributed by atoms with van der Waals surface area (Å²) in [6.07, 6.45) is 10.9. The van der Waals surface area contributed by atoms with Crippen LogP contribution in [0.2, 0.25) is 0 Å². The minimum absolute atomic E-state index is 0.0653. The summed E-state index contributed by atoms with van der Waals surface area (Å²) < 4.78 is 8.30. The van der Waals surface area contributed by atoms with E-state index >= 15 is 0 Å². The number of aromatic nitrogens is 1. The summed E-state index contributed by atoms with van der Waals surface area (Å²) in [5, 5.41) is 13.8. The van der Waals surface area contributed by atoms with Gasteiger partial charge in [-0.05, 0) is 49.9 Å². The highest BCUT2D eigenvalue weighted by Gasteiger charge is 2.61. The molecule has 1 aromatic heterocycles. The van der Waals surface area contributed by atoms with Gasteiger partial charge in [0.05, 0.1) is 6.54 Å². The molecule has 2 N–H and O–H groups in total. The lowest BCUT2D eigenvalue weighted by Gasteiger charge is -2.27. The van der Waals surface area contributed by atoms with E-state index in [9.17, 15) is 19.5 Å². The van der Waals surface area contributed by atoms with Crippen molar-refractivity contribution in [3.05, 3.63) is 42.6 Å². The number of amides is 2. The monoisotopic (exact) mass is 493 g/mol. The number of carboxylic acids is 1.